The fourth-order valence-corrected chi connectivity index (χ4v) is 3.48. The summed E-state index contributed by atoms with van der Waals surface area (Å²) in [6, 6.07) is 7.92. The largest absolute Gasteiger partial charge is 0.508 e. The molecule has 1 unspecified atom stereocenters. The van der Waals surface area contributed by atoms with Gasteiger partial charge in [-0.2, -0.15) is 0 Å². The molecule has 0 radical (unpaired) electrons. The van der Waals surface area contributed by atoms with E-state index in [1.807, 2.05) is 12.1 Å². The van der Waals surface area contributed by atoms with Crippen LogP contribution in [0.4, 0.5) is 0 Å². The van der Waals surface area contributed by atoms with Gasteiger partial charge in [0.2, 0.25) is 0 Å². The number of rotatable bonds is 2. The summed E-state index contributed by atoms with van der Waals surface area (Å²) in [4.78, 5) is 0. The molecule has 2 heteroatoms. The summed E-state index contributed by atoms with van der Waals surface area (Å²) < 4.78 is 0. The minimum Gasteiger partial charge on any atom is -0.508 e. The van der Waals surface area contributed by atoms with Crippen LogP contribution in [-0.2, 0) is 5.41 Å². The third kappa shape index (κ3) is 1.36. The molecule has 0 amide bonds. The molecule has 2 aliphatic rings. The molecule has 1 aromatic carbocycles. The van der Waals surface area contributed by atoms with Crippen molar-refractivity contribution in [1.29, 1.82) is 0 Å². The summed E-state index contributed by atoms with van der Waals surface area (Å²) in [7, 11) is 0. The van der Waals surface area contributed by atoms with Gasteiger partial charge < -0.3 is 10.4 Å². The van der Waals surface area contributed by atoms with Crippen molar-refractivity contribution in [3.63, 3.8) is 0 Å². The lowest BCUT2D eigenvalue weighted by Crippen LogP contribution is -2.42. The summed E-state index contributed by atoms with van der Waals surface area (Å²) >= 11 is 0. The highest BCUT2D eigenvalue weighted by Crippen LogP contribution is 2.53. The first-order chi connectivity index (χ1) is 7.83. The number of hydrogen-bond acceptors (Lipinski definition) is 2. The number of benzene rings is 1. The lowest BCUT2D eigenvalue weighted by molar-refractivity contribution is 0.152. The van der Waals surface area contributed by atoms with Crippen LogP contribution in [0.15, 0.2) is 24.3 Å². The van der Waals surface area contributed by atoms with Gasteiger partial charge >= 0.3 is 0 Å². The highest BCUT2D eigenvalue weighted by Gasteiger charge is 2.47. The highest BCUT2D eigenvalue weighted by molar-refractivity contribution is 5.41. The third-order valence-corrected chi connectivity index (χ3v) is 4.53. The molecule has 16 heavy (non-hydrogen) atoms. The first kappa shape index (κ1) is 10.2. The predicted molar refractivity (Wildman–Crippen MR) is 64.6 cm³/mol. The average molecular weight is 217 g/mol. The Bertz CT molecular complexity index is 378. The Morgan fingerprint density at radius 2 is 2.06 bits per heavy atom. The second kappa shape index (κ2) is 3.77. The molecule has 0 spiro atoms. The van der Waals surface area contributed by atoms with E-state index in [4.69, 9.17) is 0 Å². The van der Waals surface area contributed by atoms with E-state index in [9.17, 15) is 5.11 Å². The Hall–Kier alpha value is -1.02. The predicted octanol–water partition coefficient (Wildman–Crippen LogP) is 2.42. The van der Waals surface area contributed by atoms with Crippen LogP contribution in [0.3, 0.4) is 0 Å². The molecule has 1 aliphatic heterocycles. The molecule has 2 N–H and O–H groups in total. The normalized spacial score (nSPS) is 27.6. The summed E-state index contributed by atoms with van der Waals surface area (Å²) in [5, 5.41) is 13.5. The van der Waals surface area contributed by atoms with E-state index in [2.05, 4.69) is 17.4 Å². The van der Waals surface area contributed by atoms with E-state index in [-0.39, 0.29) is 5.41 Å². The maximum Gasteiger partial charge on any atom is 0.119 e. The molecule has 1 saturated carbocycles. The van der Waals surface area contributed by atoms with E-state index in [0.717, 1.165) is 19.0 Å². The fraction of sp³-hybridized carbons (Fsp3) is 0.571. The lowest BCUT2D eigenvalue weighted by atomic mass is 9.57. The van der Waals surface area contributed by atoms with Gasteiger partial charge in [-0.1, -0.05) is 24.6 Å². The Morgan fingerprint density at radius 3 is 2.62 bits per heavy atom. The van der Waals surface area contributed by atoms with Gasteiger partial charge in [0.05, 0.1) is 0 Å². The van der Waals surface area contributed by atoms with Crippen LogP contribution in [-0.4, -0.2) is 18.2 Å². The van der Waals surface area contributed by atoms with Gasteiger partial charge in [-0.05, 0) is 44.3 Å². The molecule has 2 fully saturated rings. The summed E-state index contributed by atoms with van der Waals surface area (Å²) in [6.07, 6.45) is 5.06. The monoisotopic (exact) mass is 217 g/mol. The van der Waals surface area contributed by atoms with Crippen molar-refractivity contribution < 1.29 is 5.11 Å². The van der Waals surface area contributed by atoms with Gasteiger partial charge in [0.15, 0.2) is 0 Å². The first-order valence-corrected chi connectivity index (χ1v) is 6.32. The lowest BCUT2D eigenvalue weighted by Gasteiger charge is -2.47. The van der Waals surface area contributed by atoms with Gasteiger partial charge in [0.25, 0.3) is 0 Å². The molecule has 2 nitrogen and oxygen atoms in total. The number of para-hydroxylation sites is 1. The van der Waals surface area contributed by atoms with Crippen LogP contribution in [0.2, 0.25) is 0 Å². The first-order valence-electron chi connectivity index (χ1n) is 6.32. The SMILES string of the molecule is Oc1ccccc1C1(C2CCNC2)CCC1. The van der Waals surface area contributed by atoms with E-state index in [1.165, 1.54) is 31.2 Å². The van der Waals surface area contributed by atoms with Gasteiger partial charge in [0.1, 0.15) is 5.75 Å². The highest BCUT2D eigenvalue weighted by atomic mass is 16.3. The minimum atomic E-state index is 0.273. The molecule has 86 valence electrons. The smallest absolute Gasteiger partial charge is 0.119 e. The zero-order valence-corrected chi connectivity index (χ0v) is 9.58. The van der Waals surface area contributed by atoms with Crippen LogP contribution in [0, 0.1) is 5.92 Å². The van der Waals surface area contributed by atoms with E-state index in [0.29, 0.717) is 5.75 Å². The maximum absolute atomic E-state index is 10.1. The molecule has 1 atom stereocenters. The molecule has 0 bridgehead atoms. The zero-order chi connectivity index (χ0) is 11.0. The molecular formula is C14H19NO. The van der Waals surface area contributed by atoms with Crippen molar-refractivity contribution in [2.45, 2.75) is 31.1 Å². The van der Waals surface area contributed by atoms with Gasteiger partial charge in [0, 0.05) is 11.0 Å². The van der Waals surface area contributed by atoms with Crippen LogP contribution < -0.4 is 5.32 Å². The second-order valence-electron chi connectivity index (χ2n) is 5.22. The third-order valence-electron chi connectivity index (χ3n) is 4.53. The Morgan fingerprint density at radius 1 is 1.25 bits per heavy atom. The van der Waals surface area contributed by atoms with Crippen molar-refractivity contribution in [3.05, 3.63) is 29.8 Å². The van der Waals surface area contributed by atoms with Crippen molar-refractivity contribution in [2.75, 3.05) is 13.1 Å². The molecular weight excluding hydrogens is 198 g/mol. The quantitative estimate of drug-likeness (QED) is 0.797. The van der Waals surface area contributed by atoms with Crippen molar-refractivity contribution >= 4 is 0 Å². The van der Waals surface area contributed by atoms with E-state index in [1.54, 1.807) is 0 Å². The fourth-order valence-electron chi connectivity index (χ4n) is 3.48. The summed E-state index contributed by atoms with van der Waals surface area (Å²) in [6.45, 7) is 2.26. The number of nitrogens with one attached hydrogen (secondary N) is 1. The number of phenolic OH excluding ortho intramolecular Hbond substituents is 1. The minimum absolute atomic E-state index is 0.273. The number of aromatic hydroxyl groups is 1. The Labute approximate surface area is 96.7 Å². The molecule has 1 aromatic rings. The maximum atomic E-state index is 10.1. The molecule has 1 saturated heterocycles. The Kier molecular flexibility index (Phi) is 2.40. The van der Waals surface area contributed by atoms with E-state index < -0.39 is 0 Å². The van der Waals surface area contributed by atoms with Crippen LogP contribution >= 0.6 is 0 Å². The van der Waals surface area contributed by atoms with Crippen LogP contribution in [0.1, 0.15) is 31.2 Å². The zero-order valence-electron chi connectivity index (χ0n) is 9.58. The summed E-state index contributed by atoms with van der Waals surface area (Å²) in [5.74, 6) is 1.21. The second-order valence-corrected chi connectivity index (χ2v) is 5.22. The van der Waals surface area contributed by atoms with Crippen molar-refractivity contribution in [1.82, 2.24) is 5.32 Å². The number of hydrogen-bond donors (Lipinski definition) is 2. The molecule has 1 aliphatic carbocycles. The van der Waals surface area contributed by atoms with Crippen LogP contribution in [0.5, 0.6) is 5.75 Å². The Balaban J connectivity index is 1.98. The van der Waals surface area contributed by atoms with Crippen molar-refractivity contribution in [2.24, 2.45) is 5.92 Å². The molecule has 0 aromatic heterocycles. The van der Waals surface area contributed by atoms with Crippen LogP contribution in [0.25, 0.3) is 0 Å². The van der Waals surface area contributed by atoms with Gasteiger partial charge in [-0.15, -0.1) is 0 Å². The number of phenols is 1. The standard InChI is InChI=1S/C14H19NO/c16-13-5-2-1-4-12(13)14(7-3-8-14)11-6-9-15-10-11/h1-2,4-5,11,15-16H,3,6-10H2. The van der Waals surface area contributed by atoms with Crippen molar-refractivity contribution in [3.8, 4) is 5.75 Å². The topological polar surface area (TPSA) is 32.3 Å². The van der Waals surface area contributed by atoms with E-state index >= 15 is 0 Å². The molecule has 1 heterocycles. The average Bonchev–Trinajstić information content (AvgIpc) is 2.73. The molecule has 3 rings (SSSR count). The summed E-state index contributed by atoms with van der Waals surface area (Å²) in [5.41, 5.74) is 1.46. The van der Waals surface area contributed by atoms with Gasteiger partial charge in [-0.3, -0.25) is 0 Å². The van der Waals surface area contributed by atoms with Gasteiger partial charge in [-0.25, -0.2) is 0 Å².